The van der Waals surface area contributed by atoms with Crippen molar-refractivity contribution in [1.29, 1.82) is 0 Å². The van der Waals surface area contributed by atoms with Gasteiger partial charge < -0.3 is 0 Å². The summed E-state index contributed by atoms with van der Waals surface area (Å²) in [7, 11) is 0. The molecule has 0 spiro atoms. The first-order valence-electron chi connectivity index (χ1n) is 4.64. The minimum absolute atomic E-state index is 0.793. The molecule has 0 bridgehead atoms. The SMILES string of the molecule is O=Cc1ccccc1C=C1CCC1. The number of hydrogen-bond acceptors (Lipinski definition) is 1. The van der Waals surface area contributed by atoms with Crippen LogP contribution in [0.2, 0.25) is 0 Å². The Hall–Kier alpha value is -1.37. The van der Waals surface area contributed by atoms with Crippen LogP contribution in [-0.2, 0) is 0 Å². The third-order valence-electron chi connectivity index (χ3n) is 2.48. The molecule has 1 nitrogen and oxygen atoms in total. The van der Waals surface area contributed by atoms with E-state index >= 15 is 0 Å². The Morgan fingerprint density at radius 2 is 1.77 bits per heavy atom. The van der Waals surface area contributed by atoms with Gasteiger partial charge in [0.25, 0.3) is 0 Å². The average Bonchev–Trinajstić information content (AvgIpc) is 2.12. The highest BCUT2D eigenvalue weighted by molar-refractivity contribution is 5.82. The van der Waals surface area contributed by atoms with E-state index in [9.17, 15) is 4.79 Å². The predicted molar refractivity (Wildman–Crippen MR) is 53.7 cm³/mol. The van der Waals surface area contributed by atoms with Gasteiger partial charge in [-0.05, 0) is 24.8 Å². The van der Waals surface area contributed by atoms with E-state index in [4.69, 9.17) is 0 Å². The van der Waals surface area contributed by atoms with E-state index in [1.165, 1.54) is 24.8 Å². The third kappa shape index (κ3) is 1.69. The Bertz CT molecular complexity index is 344. The predicted octanol–water partition coefficient (Wildman–Crippen LogP) is 3.07. The van der Waals surface area contributed by atoms with Gasteiger partial charge in [-0.2, -0.15) is 0 Å². The normalized spacial score (nSPS) is 14.9. The maximum Gasteiger partial charge on any atom is 0.150 e. The monoisotopic (exact) mass is 172 g/mol. The second-order valence-corrected chi connectivity index (χ2v) is 3.40. The van der Waals surface area contributed by atoms with E-state index in [1.807, 2.05) is 24.3 Å². The number of allylic oxidation sites excluding steroid dienone is 1. The summed E-state index contributed by atoms with van der Waals surface area (Å²) in [4.78, 5) is 10.7. The molecular weight excluding hydrogens is 160 g/mol. The molecule has 0 aromatic heterocycles. The molecule has 2 rings (SSSR count). The average molecular weight is 172 g/mol. The maximum absolute atomic E-state index is 10.7. The van der Waals surface area contributed by atoms with Gasteiger partial charge in [-0.1, -0.05) is 35.9 Å². The third-order valence-corrected chi connectivity index (χ3v) is 2.48. The van der Waals surface area contributed by atoms with Crippen molar-refractivity contribution in [2.45, 2.75) is 19.3 Å². The first kappa shape index (κ1) is 8.24. The molecule has 0 saturated heterocycles. The molecule has 66 valence electrons. The van der Waals surface area contributed by atoms with Crippen molar-refractivity contribution in [1.82, 2.24) is 0 Å². The summed E-state index contributed by atoms with van der Waals surface area (Å²) >= 11 is 0. The Kier molecular flexibility index (Phi) is 2.26. The van der Waals surface area contributed by atoms with Gasteiger partial charge in [0.2, 0.25) is 0 Å². The molecule has 1 aliphatic rings. The van der Waals surface area contributed by atoms with Gasteiger partial charge in [-0.3, -0.25) is 4.79 Å². The van der Waals surface area contributed by atoms with Gasteiger partial charge in [-0.25, -0.2) is 0 Å². The first-order chi connectivity index (χ1) is 6.40. The number of benzene rings is 1. The topological polar surface area (TPSA) is 17.1 Å². The highest BCUT2D eigenvalue weighted by Crippen LogP contribution is 2.28. The summed E-state index contributed by atoms with van der Waals surface area (Å²) < 4.78 is 0. The molecule has 0 aliphatic heterocycles. The second kappa shape index (κ2) is 3.56. The minimum atomic E-state index is 0.793. The number of carbonyl (C=O) groups excluding carboxylic acids is 1. The van der Waals surface area contributed by atoms with Gasteiger partial charge in [-0.15, -0.1) is 0 Å². The van der Waals surface area contributed by atoms with Crippen molar-refractivity contribution in [3.05, 3.63) is 41.0 Å². The van der Waals surface area contributed by atoms with Crippen molar-refractivity contribution in [2.24, 2.45) is 0 Å². The van der Waals surface area contributed by atoms with Crippen LogP contribution in [0.15, 0.2) is 29.8 Å². The van der Waals surface area contributed by atoms with Gasteiger partial charge in [0.05, 0.1) is 0 Å². The van der Waals surface area contributed by atoms with Crippen LogP contribution in [0.4, 0.5) is 0 Å². The van der Waals surface area contributed by atoms with E-state index < -0.39 is 0 Å². The van der Waals surface area contributed by atoms with Gasteiger partial charge in [0.1, 0.15) is 0 Å². The molecule has 1 aromatic carbocycles. The van der Waals surface area contributed by atoms with Crippen LogP contribution in [0.3, 0.4) is 0 Å². The smallest absolute Gasteiger partial charge is 0.150 e. The van der Waals surface area contributed by atoms with E-state index in [0.29, 0.717) is 0 Å². The summed E-state index contributed by atoms with van der Waals surface area (Å²) in [6.45, 7) is 0. The highest BCUT2D eigenvalue weighted by atomic mass is 16.1. The molecular formula is C12H12O. The van der Waals surface area contributed by atoms with Crippen LogP contribution in [0, 0.1) is 0 Å². The largest absolute Gasteiger partial charge is 0.298 e. The van der Waals surface area contributed by atoms with Crippen LogP contribution in [0.25, 0.3) is 6.08 Å². The van der Waals surface area contributed by atoms with Crippen LogP contribution < -0.4 is 0 Å². The quantitative estimate of drug-likeness (QED) is 0.626. The molecule has 1 aromatic rings. The van der Waals surface area contributed by atoms with Crippen molar-refractivity contribution in [3.63, 3.8) is 0 Å². The number of rotatable bonds is 2. The summed E-state index contributed by atoms with van der Waals surface area (Å²) in [5.74, 6) is 0. The minimum Gasteiger partial charge on any atom is -0.298 e. The molecule has 1 fully saturated rings. The molecule has 1 heteroatoms. The van der Waals surface area contributed by atoms with Crippen molar-refractivity contribution in [3.8, 4) is 0 Å². The van der Waals surface area contributed by atoms with Crippen LogP contribution in [-0.4, -0.2) is 6.29 Å². The van der Waals surface area contributed by atoms with Gasteiger partial charge >= 0.3 is 0 Å². The molecule has 0 atom stereocenters. The molecule has 0 N–H and O–H groups in total. The lowest BCUT2D eigenvalue weighted by Gasteiger charge is -2.16. The fourth-order valence-electron chi connectivity index (χ4n) is 1.49. The number of hydrogen-bond donors (Lipinski definition) is 0. The lowest BCUT2D eigenvalue weighted by atomic mass is 9.90. The Labute approximate surface area is 78.1 Å². The Morgan fingerprint density at radius 3 is 2.31 bits per heavy atom. The van der Waals surface area contributed by atoms with Crippen LogP contribution >= 0.6 is 0 Å². The zero-order valence-corrected chi connectivity index (χ0v) is 7.49. The maximum atomic E-state index is 10.7. The summed E-state index contributed by atoms with van der Waals surface area (Å²) in [6.07, 6.45) is 6.77. The van der Waals surface area contributed by atoms with Crippen LogP contribution in [0.1, 0.15) is 35.2 Å². The molecule has 1 aliphatic carbocycles. The standard InChI is InChI=1S/C12H12O/c13-9-12-7-2-1-6-11(12)8-10-4-3-5-10/h1-2,6-9H,3-5H2. The fourth-order valence-corrected chi connectivity index (χ4v) is 1.49. The lowest BCUT2D eigenvalue weighted by molar-refractivity contribution is 0.112. The molecule has 0 heterocycles. The zero-order valence-electron chi connectivity index (χ0n) is 7.49. The van der Waals surface area contributed by atoms with E-state index in [0.717, 1.165) is 17.4 Å². The van der Waals surface area contributed by atoms with Crippen molar-refractivity contribution in [2.75, 3.05) is 0 Å². The molecule has 0 amide bonds. The van der Waals surface area contributed by atoms with Crippen LogP contribution in [0.5, 0.6) is 0 Å². The Morgan fingerprint density at radius 1 is 1.08 bits per heavy atom. The number of carbonyl (C=O) groups is 1. The lowest BCUT2D eigenvalue weighted by Crippen LogP contribution is -1.96. The Balaban J connectivity index is 2.32. The van der Waals surface area contributed by atoms with E-state index in [2.05, 4.69) is 6.08 Å². The van der Waals surface area contributed by atoms with E-state index in [1.54, 1.807) is 0 Å². The van der Waals surface area contributed by atoms with Gasteiger partial charge in [0, 0.05) is 5.56 Å². The van der Waals surface area contributed by atoms with Crippen molar-refractivity contribution >= 4 is 12.4 Å². The fraction of sp³-hybridized carbons (Fsp3) is 0.250. The second-order valence-electron chi connectivity index (χ2n) is 3.40. The molecule has 13 heavy (non-hydrogen) atoms. The molecule has 1 saturated carbocycles. The summed E-state index contributed by atoms with van der Waals surface area (Å²) in [5.41, 5.74) is 3.32. The summed E-state index contributed by atoms with van der Waals surface area (Å²) in [5, 5.41) is 0. The molecule has 0 radical (unpaired) electrons. The first-order valence-corrected chi connectivity index (χ1v) is 4.64. The highest BCUT2D eigenvalue weighted by Gasteiger charge is 2.08. The number of aldehydes is 1. The zero-order chi connectivity index (χ0) is 9.10. The van der Waals surface area contributed by atoms with Gasteiger partial charge in [0.15, 0.2) is 6.29 Å². The van der Waals surface area contributed by atoms with Crippen molar-refractivity contribution < 1.29 is 4.79 Å². The molecule has 0 unspecified atom stereocenters. The summed E-state index contributed by atoms with van der Waals surface area (Å²) in [6, 6.07) is 7.72. The van der Waals surface area contributed by atoms with E-state index in [-0.39, 0.29) is 0 Å².